The van der Waals surface area contributed by atoms with Crippen LogP contribution in [0.15, 0.2) is 104 Å². The first kappa shape index (κ1) is 50.7. The number of nitrogens with two attached hydrogens (primary N) is 7. The Labute approximate surface area is 394 Å². The van der Waals surface area contributed by atoms with E-state index in [-0.39, 0.29) is 32.1 Å². The van der Waals surface area contributed by atoms with Crippen molar-refractivity contribution in [1.82, 2.24) is 25.3 Å². The molecule has 0 saturated carbocycles. The van der Waals surface area contributed by atoms with Crippen LogP contribution in [0.3, 0.4) is 0 Å². The van der Waals surface area contributed by atoms with Crippen LogP contribution in [-0.4, -0.2) is 97.7 Å². The van der Waals surface area contributed by atoms with Crippen molar-refractivity contribution in [2.75, 3.05) is 6.54 Å². The predicted octanol–water partition coefficient (Wildman–Crippen LogP) is 1.14. The van der Waals surface area contributed by atoms with Crippen LogP contribution in [0.5, 0.6) is 0 Å². The number of hydrogen-bond acceptors (Lipinski definition) is 13. The Bertz CT molecular complexity index is 2660. The Morgan fingerprint density at radius 3 is 1.68 bits per heavy atom. The molecule has 18 N–H and O–H groups in total. The molecule has 18 nitrogen and oxygen atoms in total. The van der Waals surface area contributed by atoms with Crippen molar-refractivity contribution in [3.8, 4) is 0 Å². The summed E-state index contributed by atoms with van der Waals surface area (Å²) >= 11 is 0. The average Bonchev–Trinajstić information content (AvgIpc) is 4.13. The standard InChI is InChI=1S/C50H64N12O6/c1-27(41(53)46(64)35(21-30-24-60-39-16-8-6-14-33(30)39)43(55)48(66)37(52)22-31-25-58-26-61-31)45(63)42(54)34(20-29-23-59-38-15-7-5-13-32(29)38)47(65)44(56)36(19-28-11-3-2-4-12-28)50(68)62-40(49(57)67)17-9-10-18-51/h2-8,11-16,23-27,34-37,40-44,59-60H,9-10,17-22,51-56H2,1H3,(H2,57,67)(H,58,61)(H,62,68)/t27-,34-,35+,36+,37-,40-,41+,42+,43+,44+/m0/s1. The highest BCUT2D eigenvalue weighted by Crippen LogP contribution is 2.29. The summed E-state index contributed by atoms with van der Waals surface area (Å²) in [6, 6.07) is 15.5. The lowest BCUT2D eigenvalue weighted by Crippen LogP contribution is -2.58. The quantitative estimate of drug-likeness (QED) is 0.0323. The number of benzene rings is 3. The summed E-state index contributed by atoms with van der Waals surface area (Å²) in [5.74, 6) is -9.25. The predicted molar refractivity (Wildman–Crippen MR) is 260 cm³/mol. The van der Waals surface area contributed by atoms with E-state index >= 15 is 4.79 Å². The second-order valence-electron chi connectivity index (χ2n) is 17.8. The lowest BCUT2D eigenvalue weighted by molar-refractivity contribution is -0.137. The Balaban J connectivity index is 1.31. The summed E-state index contributed by atoms with van der Waals surface area (Å²) in [5.41, 5.74) is 49.1. The van der Waals surface area contributed by atoms with Gasteiger partial charge in [-0.05, 0) is 73.9 Å². The SMILES string of the molecule is C[C@H](C(=O)[C@H](N)[C@H](Cc1c[nH]c2ccccc12)C(=O)[C@H](N)[C@@H](Cc1ccccc1)C(=O)N[C@@H](CCCCN)C(N)=O)[C@@H](N)C(=O)[C@H](Cc1c[nH]c2ccccc12)[C@@H](N)C(=O)[C@@H](N)Cc1cnc[nH]1. The summed E-state index contributed by atoms with van der Waals surface area (Å²) < 4.78 is 0. The van der Waals surface area contributed by atoms with Gasteiger partial charge in [-0.3, -0.25) is 28.8 Å². The second kappa shape index (κ2) is 23.4. The number of imidazole rings is 1. The van der Waals surface area contributed by atoms with E-state index in [4.69, 9.17) is 40.1 Å². The summed E-state index contributed by atoms with van der Waals surface area (Å²) in [7, 11) is 0. The highest BCUT2D eigenvalue weighted by molar-refractivity contribution is 6.03. The van der Waals surface area contributed by atoms with Gasteiger partial charge in [0.15, 0.2) is 23.1 Å². The third kappa shape index (κ3) is 12.1. The maximum atomic E-state index is 15.1. The zero-order chi connectivity index (χ0) is 49.1. The average molecular weight is 929 g/mol. The monoisotopic (exact) mass is 929 g/mol. The first-order chi connectivity index (χ1) is 32.6. The van der Waals surface area contributed by atoms with Gasteiger partial charge in [-0.2, -0.15) is 0 Å². The number of ketones is 4. The molecule has 0 unspecified atom stereocenters. The Kier molecular flexibility index (Phi) is 17.4. The number of amides is 2. The molecular weight excluding hydrogens is 865 g/mol. The molecule has 6 rings (SSSR count). The molecule has 2 amide bonds. The Hall–Kier alpha value is -6.67. The van der Waals surface area contributed by atoms with E-state index in [9.17, 15) is 24.0 Å². The number of primary amides is 1. The van der Waals surface area contributed by atoms with Crippen LogP contribution in [0, 0.1) is 23.7 Å². The summed E-state index contributed by atoms with van der Waals surface area (Å²) in [5, 5.41) is 4.29. The normalized spacial score (nSPS) is 16.2. The number of fused-ring (bicyclic) bond motifs is 2. The lowest BCUT2D eigenvalue weighted by atomic mass is 9.75. The van der Waals surface area contributed by atoms with Gasteiger partial charge in [-0.25, -0.2) is 4.98 Å². The molecule has 0 fully saturated rings. The first-order valence-electron chi connectivity index (χ1n) is 22.9. The van der Waals surface area contributed by atoms with Crippen molar-refractivity contribution in [2.24, 2.45) is 63.8 Å². The minimum absolute atomic E-state index is 0.00499. The molecule has 0 bridgehead atoms. The number of unbranched alkanes of at least 4 members (excludes halogenated alkanes) is 1. The minimum atomic E-state index is -1.59. The van der Waals surface area contributed by atoms with Gasteiger partial charge in [0.05, 0.1) is 42.5 Å². The summed E-state index contributed by atoms with van der Waals surface area (Å²) in [6.07, 6.45) is 7.74. The van der Waals surface area contributed by atoms with E-state index in [1.54, 1.807) is 42.7 Å². The van der Waals surface area contributed by atoms with Crippen LogP contribution in [-0.2, 0) is 54.5 Å². The largest absolute Gasteiger partial charge is 0.368 e. The van der Waals surface area contributed by atoms with Gasteiger partial charge in [0.2, 0.25) is 11.8 Å². The molecule has 6 aromatic rings. The fraction of sp³-hybridized carbons (Fsp3) is 0.380. The van der Waals surface area contributed by atoms with Crippen molar-refractivity contribution in [2.45, 2.75) is 88.1 Å². The number of hydrogen-bond donors (Lipinski definition) is 11. The van der Waals surface area contributed by atoms with E-state index in [0.29, 0.717) is 41.8 Å². The van der Waals surface area contributed by atoms with E-state index in [1.165, 1.54) is 19.4 Å². The molecule has 0 radical (unpaired) electrons. The third-order valence-corrected chi connectivity index (χ3v) is 13.2. The van der Waals surface area contributed by atoms with Crippen LogP contribution in [0.4, 0.5) is 0 Å². The number of para-hydroxylation sites is 2. The molecule has 0 aliphatic carbocycles. The molecule has 18 heteroatoms. The van der Waals surface area contributed by atoms with E-state index in [1.807, 2.05) is 48.5 Å². The molecule has 0 spiro atoms. The first-order valence-corrected chi connectivity index (χ1v) is 22.9. The molecule has 3 aromatic heterocycles. The number of nitrogens with zero attached hydrogens (tertiary/aromatic N) is 1. The molecule has 3 aromatic carbocycles. The van der Waals surface area contributed by atoms with Gasteiger partial charge in [-0.15, -0.1) is 0 Å². The van der Waals surface area contributed by atoms with Crippen molar-refractivity contribution in [3.05, 3.63) is 126 Å². The van der Waals surface area contributed by atoms with Gasteiger partial charge in [0, 0.05) is 70.3 Å². The molecule has 0 saturated heterocycles. The molecular formula is C50H64N12O6. The molecule has 0 aliphatic heterocycles. The van der Waals surface area contributed by atoms with Crippen molar-refractivity contribution < 1.29 is 28.8 Å². The number of Topliss-reactive ketones (excluding diaryl/α,β-unsaturated/α-hetero) is 4. The zero-order valence-electron chi connectivity index (χ0n) is 38.2. The van der Waals surface area contributed by atoms with Gasteiger partial charge in [0.1, 0.15) is 6.04 Å². The van der Waals surface area contributed by atoms with Crippen LogP contribution in [0.1, 0.15) is 48.6 Å². The van der Waals surface area contributed by atoms with Crippen molar-refractivity contribution >= 4 is 56.8 Å². The third-order valence-electron chi connectivity index (χ3n) is 13.2. The number of carbonyl (C=O) groups excluding carboxylic acids is 6. The lowest BCUT2D eigenvalue weighted by Gasteiger charge is -2.32. The molecule has 10 atom stereocenters. The maximum Gasteiger partial charge on any atom is 0.239 e. The highest BCUT2D eigenvalue weighted by Gasteiger charge is 2.44. The van der Waals surface area contributed by atoms with E-state index < -0.39 is 94.9 Å². The van der Waals surface area contributed by atoms with E-state index in [0.717, 1.165) is 21.8 Å². The topological polar surface area (TPSA) is 357 Å². The molecule has 68 heavy (non-hydrogen) atoms. The van der Waals surface area contributed by atoms with Gasteiger partial charge < -0.3 is 60.4 Å². The van der Waals surface area contributed by atoms with Crippen LogP contribution in [0.2, 0.25) is 0 Å². The number of carbonyl (C=O) groups is 6. The van der Waals surface area contributed by atoms with Gasteiger partial charge >= 0.3 is 0 Å². The van der Waals surface area contributed by atoms with Crippen LogP contribution < -0.4 is 45.5 Å². The van der Waals surface area contributed by atoms with Crippen LogP contribution >= 0.6 is 0 Å². The summed E-state index contributed by atoms with van der Waals surface area (Å²) in [6.45, 7) is 1.82. The minimum Gasteiger partial charge on any atom is -0.368 e. The summed E-state index contributed by atoms with van der Waals surface area (Å²) in [4.78, 5) is 98.5. The van der Waals surface area contributed by atoms with Gasteiger partial charge in [-0.1, -0.05) is 73.7 Å². The second-order valence-corrected chi connectivity index (χ2v) is 17.8. The Morgan fingerprint density at radius 1 is 0.603 bits per heavy atom. The highest BCUT2D eigenvalue weighted by atomic mass is 16.2. The number of H-pyrrole nitrogens is 3. The Morgan fingerprint density at radius 2 is 1.13 bits per heavy atom. The smallest absolute Gasteiger partial charge is 0.239 e. The fourth-order valence-electron chi connectivity index (χ4n) is 8.99. The molecule has 360 valence electrons. The fourth-order valence-corrected chi connectivity index (χ4v) is 8.99. The van der Waals surface area contributed by atoms with Crippen molar-refractivity contribution in [3.63, 3.8) is 0 Å². The number of aromatic amines is 3. The van der Waals surface area contributed by atoms with Gasteiger partial charge in [0.25, 0.3) is 0 Å². The number of rotatable bonds is 27. The number of nitrogens with one attached hydrogen (secondary N) is 4. The van der Waals surface area contributed by atoms with Crippen molar-refractivity contribution in [1.29, 1.82) is 0 Å². The van der Waals surface area contributed by atoms with E-state index in [2.05, 4.69) is 25.3 Å². The number of aromatic nitrogens is 4. The maximum absolute atomic E-state index is 15.1. The molecule has 3 heterocycles. The zero-order valence-corrected chi connectivity index (χ0v) is 38.2. The molecule has 0 aliphatic rings. The van der Waals surface area contributed by atoms with Crippen LogP contribution in [0.25, 0.3) is 21.8 Å².